The first-order chi connectivity index (χ1) is 6.87. The minimum Gasteiger partial charge on any atom is -0.468 e. The van der Waals surface area contributed by atoms with Gasteiger partial charge >= 0.3 is 11.5 Å². The second-order valence-electron chi connectivity index (χ2n) is 2.50. The van der Waals surface area contributed by atoms with E-state index in [1.165, 1.54) is 18.9 Å². The lowest BCUT2D eigenvalue weighted by Crippen LogP contribution is -2.34. The van der Waals surface area contributed by atoms with Crippen molar-refractivity contribution in [3.8, 4) is 0 Å². The third kappa shape index (κ3) is 8.88. The van der Waals surface area contributed by atoms with Gasteiger partial charge in [0.25, 0.3) is 0 Å². The Morgan fingerprint density at radius 2 is 2.07 bits per heavy atom. The average molecular weight is 263 g/mol. The highest BCUT2D eigenvalue weighted by Crippen LogP contribution is 2.30. The minimum atomic E-state index is -4.19. The molecule has 0 heterocycles. The third-order valence-corrected chi connectivity index (χ3v) is 3.38. The monoisotopic (exact) mass is 263 g/mol. The first-order valence-corrected chi connectivity index (χ1v) is 6.12. The van der Waals surface area contributed by atoms with Crippen molar-refractivity contribution in [3.05, 3.63) is 0 Å². The molecular weight excluding hydrogens is 251 g/mol. The smallest absolute Gasteiger partial charge is 0.441 e. The van der Waals surface area contributed by atoms with Crippen molar-refractivity contribution in [1.29, 1.82) is 0 Å². The summed E-state index contributed by atoms with van der Waals surface area (Å²) in [5.41, 5.74) is 1.18. The summed E-state index contributed by atoms with van der Waals surface area (Å²) in [5.74, 6) is -0.0202. The Labute approximate surface area is 94.3 Å². The Balaban J connectivity index is 3.43. The fourth-order valence-corrected chi connectivity index (χ4v) is 2.24. The Kier molecular flexibility index (Phi) is 7.20. The number of rotatable bonds is 6. The van der Waals surface area contributed by atoms with Crippen LogP contribution in [-0.2, 0) is 9.53 Å². The molecule has 0 bridgehead atoms. The van der Waals surface area contributed by atoms with E-state index in [1.807, 2.05) is 0 Å². The summed E-state index contributed by atoms with van der Waals surface area (Å²) in [4.78, 5) is 10.8. The zero-order chi connectivity index (χ0) is 11.9. The summed E-state index contributed by atoms with van der Waals surface area (Å²) in [6.45, 7) is 0. The summed E-state index contributed by atoms with van der Waals surface area (Å²) >= 11 is 1.12. The van der Waals surface area contributed by atoms with Crippen LogP contribution in [-0.4, -0.2) is 41.9 Å². The molecule has 0 saturated heterocycles. The molecular formula is C7H12F3NO2S2. The van der Waals surface area contributed by atoms with E-state index in [-0.39, 0.29) is 23.3 Å². The standard InChI is InChI=1S/C7H12F3NO2S2/c1-13-6(12)5(11)4-14-2-3-15-7(8,9)10/h5H,2-4,11H2,1H3. The molecule has 3 nitrogen and oxygen atoms in total. The van der Waals surface area contributed by atoms with Crippen molar-refractivity contribution in [3.63, 3.8) is 0 Å². The third-order valence-electron chi connectivity index (χ3n) is 1.29. The maximum atomic E-state index is 11.7. The Bertz CT molecular complexity index is 201. The van der Waals surface area contributed by atoms with Gasteiger partial charge in [0.2, 0.25) is 0 Å². The molecule has 1 atom stereocenters. The maximum Gasteiger partial charge on any atom is 0.441 e. The Morgan fingerprint density at radius 1 is 1.47 bits per heavy atom. The molecule has 0 aromatic carbocycles. The number of halogens is 3. The van der Waals surface area contributed by atoms with Crippen LogP contribution in [0.4, 0.5) is 13.2 Å². The van der Waals surface area contributed by atoms with Crippen molar-refractivity contribution >= 4 is 29.5 Å². The van der Waals surface area contributed by atoms with Gasteiger partial charge in [-0.1, -0.05) is 11.8 Å². The molecule has 0 aliphatic heterocycles. The number of nitrogens with two attached hydrogens (primary N) is 1. The SMILES string of the molecule is COC(=O)C(N)CSCCSC(F)(F)F. The van der Waals surface area contributed by atoms with Gasteiger partial charge in [-0.05, 0) is 0 Å². The predicted molar refractivity (Wildman–Crippen MR) is 55.8 cm³/mol. The molecule has 2 N–H and O–H groups in total. The van der Waals surface area contributed by atoms with Crippen LogP contribution < -0.4 is 5.73 Å². The van der Waals surface area contributed by atoms with E-state index >= 15 is 0 Å². The molecule has 0 aliphatic carbocycles. The highest BCUT2D eigenvalue weighted by molar-refractivity contribution is 8.03. The summed E-state index contributed by atoms with van der Waals surface area (Å²) in [6.07, 6.45) is 0. The number of methoxy groups -OCH3 is 1. The molecule has 0 radical (unpaired) electrons. The van der Waals surface area contributed by atoms with E-state index in [0.29, 0.717) is 5.75 Å². The number of carbonyl (C=O) groups is 1. The molecule has 1 unspecified atom stereocenters. The summed E-state index contributed by atoms with van der Waals surface area (Å²) < 4.78 is 39.4. The molecule has 8 heteroatoms. The van der Waals surface area contributed by atoms with Crippen LogP contribution in [0.1, 0.15) is 0 Å². The van der Waals surface area contributed by atoms with Crippen molar-refractivity contribution in [2.24, 2.45) is 5.73 Å². The van der Waals surface area contributed by atoms with Gasteiger partial charge in [-0.15, -0.1) is 0 Å². The van der Waals surface area contributed by atoms with E-state index in [9.17, 15) is 18.0 Å². The van der Waals surface area contributed by atoms with Crippen molar-refractivity contribution in [2.45, 2.75) is 11.6 Å². The number of ether oxygens (including phenoxy) is 1. The molecule has 0 rings (SSSR count). The van der Waals surface area contributed by atoms with Crippen molar-refractivity contribution < 1.29 is 22.7 Å². The highest BCUT2D eigenvalue weighted by Gasteiger charge is 2.27. The fraction of sp³-hybridized carbons (Fsp3) is 0.857. The number of hydrogen-bond acceptors (Lipinski definition) is 5. The fourth-order valence-electron chi connectivity index (χ4n) is 0.646. The van der Waals surface area contributed by atoms with Gasteiger partial charge in [-0.2, -0.15) is 24.9 Å². The van der Waals surface area contributed by atoms with Crippen LogP contribution in [0.2, 0.25) is 0 Å². The van der Waals surface area contributed by atoms with Gasteiger partial charge in [0.15, 0.2) is 0 Å². The Hall–Kier alpha value is -0.0800. The van der Waals surface area contributed by atoms with Gasteiger partial charge in [-0.3, -0.25) is 4.79 Å². The van der Waals surface area contributed by atoms with Gasteiger partial charge in [0.1, 0.15) is 6.04 Å². The lowest BCUT2D eigenvalue weighted by Gasteiger charge is -2.08. The number of alkyl halides is 3. The van der Waals surface area contributed by atoms with Gasteiger partial charge < -0.3 is 10.5 Å². The van der Waals surface area contributed by atoms with Gasteiger partial charge in [0, 0.05) is 17.3 Å². The lowest BCUT2D eigenvalue weighted by molar-refractivity contribution is -0.141. The number of thioether (sulfide) groups is 2. The number of carbonyl (C=O) groups excluding carboxylic acids is 1. The van der Waals surface area contributed by atoms with E-state index in [4.69, 9.17) is 5.73 Å². The lowest BCUT2D eigenvalue weighted by atomic mass is 10.4. The van der Waals surface area contributed by atoms with Crippen molar-refractivity contribution in [2.75, 3.05) is 24.4 Å². The van der Waals surface area contributed by atoms with E-state index in [1.54, 1.807) is 0 Å². The molecule has 0 aromatic rings. The Morgan fingerprint density at radius 3 is 2.53 bits per heavy atom. The summed E-state index contributed by atoms with van der Waals surface area (Å²) in [7, 11) is 1.21. The van der Waals surface area contributed by atoms with Gasteiger partial charge in [-0.25, -0.2) is 0 Å². The molecule has 0 fully saturated rings. The minimum absolute atomic E-state index is 0.0396. The first kappa shape index (κ1) is 14.9. The molecule has 0 aromatic heterocycles. The second kappa shape index (κ2) is 7.24. The largest absolute Gasteiger partial charge is 0.468 e. The van der Waals surface area contributed by atoms with Crippen LogP contribution in [0.15, 0.2) is 0 Å². The zero-order valence-corrected chi connectivity index (χ0v) is 9.68. The maximum absolute atomic E-state index is 11.7. The topological polar surface area (TPSA) is 52.3 Å². The molecule has 0 amide bonds. The normalized spacial score (nSPS) is 13.7. The highest BCUT2D eigenvalue weighted by atomic mass is 32.2. The summed E-state index contributed by atoms with van der Waals surface area (Å²) in [5, 5.41) is 0. The zero-order valence-electron chi connectivity index (χ0n) is 8.04. The number of hydrogen-bond donors (Lipinski definition) is 1. The van der Waals surface area contributed by atoms with Crippen LogP contribution in [0.25, 0.3) is 0 Å². The molecule has 15 heavy (non-hydrogen) atoms. The molecule has 0 saturated carbocycles. The quantitative estimate of drug-likeness (QED) is 0.581. The van der Waals surface area contributed by atoms with E-state index in [0.717, 1.165) is 0 Å². The molecule has 0 aliphatic rings. The number of esters is 1. The van der Waals surface area contributed by atoms with Gasteiger partial charge in [0.05, 0.1) is 7.11 Å². The van der Waals surface area contributed by atoms with Crippen LogP contribution >= 0.6 is 23.5 Å². The van der Waals surface area contributed by atoms with Crippen LogP contribution in [0, 0.1) is 0 Å². The molecule has 90 valence electrons. The summed E-state index contributed by atoms with van der Waals surface area (Å²) in [6, 6.07) is -0.768. The first-order valence-electron chi connectivity index (χ1n) is 3.98. The molecule has 0 spiro atoms. The predicted octanol–water partition coefficient (Wildman–Crippen LogP) is 1.47. The van der Waals surface area contributed by atoms with E-state index in [2.05, 4.69) is 4.74 Å². The van der Waals surface area contributed by atoms with Crippen molar-refractivity contribution in [1.82, 2.24) is 0 Å². The van der Waals surface area contributed by atoms with Crippen LogP contribution in [0.3, 0.4) is 0 Å². The van der Waals surface area contributed by atoms with E-state index < -0.39 is 17.5 Å². The average Bonchev–Trinajstić information content (AvgIpc) is 2.14. The van der Waals surface area contributed by atoms with Crippen LogP contribution in [0.5, 0.6) is 0 Å². The second-order valence-corrected chi connectivity index (χ2v) is 4.81.